The van der Waals surface area contributed by atoms with E-state index in [0.717, 1.165) is 13.0 Å². The molecule has 0 unspecified atom stereocenters. The monoisotopic (exact) mass is 157 g/mol. The largest absolute Gasteiger partial charge is 0.460 e. The fourth-order valence-electron chi connectivity index (χ4n) is 1.26. The second kappa shape index (κ2) is 3.72. The molecule has 1 N–H and O–H groups in total. The van der Waals surface area contributed by atoms with Gasteiger partial charge in [-0.2, -0.15) is 0 Å². The third-order valence-electron chi connectivity index (χ3n) is 1.67. The minimum atomic E-state index is -0.123. The van der Waals surface area contributed by atoms with Gasteiger partial charge in [0, 0.05) is 6.54 Å². The maximum Gasteiger partial charge on any atom is 0.320 e. The summed E-state index contributed by atoms with van der Waals surface area (Å²) in [6, 6.07) is 0. The number of ether oxygens (including phenoxy) is 1. The van der Waals surface area contributed by atoms with E-state index in [1.54, 1.807) is 0 Å². The Morgan fingerprint density at radius 3 is 3.00 bits per heavy atom. The predicted molar refractivity (Wildman–Crippen MR) is 42.2 cm³/mol. The third-order valence-corrected chi connectivity index (χ3v) is 1.67. The van der Waals surface area contributed by atoms with Gasteiger partial charge in [-0.25, -0.2) is 0 Å². The molecule has 1 aliphatic rings. The number of cyclic esters (lactones) is 1. The molecule has 64 valence electrons. The molecule has 0 saturated carbocycles. The van der Waals surface area contributed by atoms with Crippen LogP contribution in [0.25, 0.3) is 0 Å². The molecule has 0 spiro atoms. The number of hydrogen-bond acceptors (Lipinski definition) is 3. The van der Waals surface area contributed by atoms with Crippen LogP contribution >= 0.6 is 0 Å². The topological polar surface area (TPSA) is 38.3 Å². The van der Waals surface area contributed by atoms with E-state index >= 15 is 0 Å². The number of rotatable bonds is 2. The molecule has 0 aromatic heterocycles. The molecule has 1 rings (SSSR count). The summed E-state index contributed by atoms with van der Waals surface area (Å²) in [6.45, 7) is 5.43. The van der Waals surface area contributed by atoms with E-state index in [9.17, 15) is 4.79 Å². The predicted octanol–water partition coefficient (Wildman–Crippen LogP) is 0.547. The summed E-state index contributed by atoms with van der Waals surface area (Å²) in [7, 11) is 0. The Bertz CT molecular complexity index is 145. The molecule has 1 heterocycles. The van der Waals surface area contributed by atoms with Crippen molar-refractivity contribution in [3.8, 4) is 0 Å². The lowest BCUT2D eigenvalue weighted by Crippen LogP contribution is -2.42. The summed E-state index contributed by atoms with van der Waals surface area (Å²) < 4.78 is 5.10. The molecule has 0 bridgehead atoms. The lowest BCUT2D eigenvalue weighted by molar-refractivity contribution is -0.152. The minimum absolute atomic E-state index is 0.0937. The van der Waals surface area contributed by atoms with E-state index in [2.05, 4.69) is 19.2 Å². The summed E-state index contributed by atoms with van der Waals surface area (Å²) in [5.74, 6) is 0.467. The van der Waals surface area contributed by atoms with Crippen molar-refractivity contribution in [3.63, 3.8) is 0 Å². The van der Waals surface area contributed by atoms with Gasteiger partial charge in [-0.3, -0.25) is 4.79 Å². The quantitative estimate of drug-likeness (QED) is 0.595. The van der Waals surface area contributed by atoms with Gasteiger partial charge in [0.05, 0.1) is 6.54 Å². The van der Waals surface area contributed by atoms with Crippen LogP contribution in [-0.4, -0.2) is 25.2 Å². The Morgan fingerprint density at radius 2 is 2.45 bits per heavy atom. The first-order chi connectivity index (χ1) is 5.18. The maximum absolute atomic E-state index is 10.8. The zero-order chi connectivity index (χ0) is 8.27. The van der Waals surface area contributed by atoms with Crippen molar-refractivity contribution in [1.82, 2.24) is 5.32 Å². The van der Waals surface area contributed by atoms with Crippen molar-refractivity contribution in [2.24, 2.45) is 5.92 Å². The first-order valence-corrected chi connectivity index (χ1v) is 4.08. The van der Waals surface area contributed by atoms with Crippen LogP contribution in [-0.2, 0) is 9.53 Å². The summed E-state index contributed by atoms with van der Waals surface area (Å²) in [5.41, 5.74) is 0. The Morgan fingerprint density at radius 1 is 1.73 bits per heavy atom. The number of hydrogen-bond donors (Lipinski definition) is 1. The van der Waals surface area contributed by atoms with Gasteiger partial charge >= 0.3 is 5.97 Å². The molecule has 1 atom stereocenters. The average molecular weight is 157 g/mol. The number of carbonyl (C=O) groups is 1. The molecular formula is C8H15NO2. The summed E-state index contributed by atoms with van der Waals surface area (Å²) in [5, 5.41) is 3.02. The van der Waals surface area contributed by atoms with Crippen LogP contribution in [0, 0.1) is 5.92 Å². The van der Waals surface area contributed by atoms with Crippen molar-refractivity contribution >= 4 is 5.97 Å². The van der Waals surface area contributed by atoms with Crippen molar-refractivity contribution in [2.75, 3.05) is 13.1 Å². The van der Waals surface area contributed by atoms with Crippen LogP contribution in [0.1, 0.15) is 20.3 Å². The number of esters is 1. The highest BCUT2D eigenvalue weighted by Crippen LogP contribution is 2.09. The van der Waals surface area contributed by atoms with Gasteiger partial charge in [-0.05, 0) is 12.3 Å². The first-order valence-electron chi connectivity index (χ1n) is 4.08. The molecule has 0 radical (unpaired) electrons. The molecule has 1 saturated heterocycles. The van der Waals surface area contributed by atoms with Gasteiger partial charge in [0.25, 0.3) is 0 Å². The molecule has 3 heteroatoms. The Balaban J connectivity index is 2.28. The van der Waals surface area contributed by atoms with E-state index < -0.39 is 0 Å². The number of nitrogens with one attached hydrogen (secondary N) is 1. The standard InChI is InChI=1S/C8H15NO2/c1-6(2)3-7-4-9-5-8(10)11-7/h6-7,9H,3-5H2,1-2H3/t7-/m0/s1. The molecule has 1 fully saturated rings. The molecule has 0 aromatic rings. The second-order valence-corrected chi connectivity index (χ2v) is 3.37. The van der Waals surface area contributed by atoms with Gasteiger partial charge in [-0.15, -0.1) is 0 Å². The zero-order valence-corrected chi connectivity index (χ0v) is 7.09. The van der Waals surface area contributed by atoms with Gasteiger partial charge < -0.3 is 10.1 Å². The van der Waals surface area contributed by atoms with Crippen LogP contribution in [0.2, 0.25) is 0 Å². The van der Waals surface area contributed by atoms with E-state index in [1.165, 1.54) is 0 Å². The normalized spacial score (nSPS) is 25.4. The highest BCUT2D eigenvalue weighted by atomic mass is 16.5. The fourth-order valence-corrected chi connectivity index (χ4v) is 1.26. The molecule has 11 heavy (non-hydrogen) atoms. The van der Waals surface area contributed by atoms with Crippen molar-refractivity contribution in [1.29, 1.82) is 0 Å². The molecule has 0 aromatic carbocycles. The van der Waals surface area contributed by atoms with Crippen LogP contribution in [0.4, 0.5) is 0 Å². The highest BCUT2D eigenvalue weighted by Gasteiger charge is 2.20. The van der Waals surface area contributed by atoms with Crippen LogP contribution < -0.4 is 5.32 Å². The van der Waals surface area contributed by atoms with E-state index in [0.29, 0.717) is 12.5 Å². The number of morpholine rings is 1. The van der Waals surface area contributed by atoms with Gasteiger partial charge in [-0.1, -0.05) is 13.8 Å². The number of carbonyl (C=O) groups excluding carboxylic acids is 1. The van der Waals surface area contributed by atoms with Gasteiger partial charge in [0.2, 0.25) is 0 Å². The Hall–Kier alpha value is -0.570. The SMILES string of the molecule is CC(C)C[C@H]1CNCC(=O)O1. The summed E-state index contributed by atoms with van der Waals surface area (Å²) in [4.78, 5) is 10.8. The van der Waals surface area contributed by atoms with Crippen molar-refractivity contribution in [3.05, 3.63) is 0 Å². The maximum atomic E-state index is 10.8. The van der Waals surface area contributed by atoms with Crippen LogP contribution in [0.5, 0.6) is 0 Å². The van der Waals surface area contributed by atoms with Gasteiger partial charge in [0.1, 0.15) is 6.10 Å². The van der Waals surface area contributed by atoms with E-state index in [-0.39, 0.29) is 12.1 Å². The average Bonchev–Trinajstić information content (AvgIpc) is 1.85. The minimum Gasteiger partial charge on any atom is -0.460 e. The Labute approximate surface area is 67.1 Å². The third kappa shape index (κ3) is 2.89. The highest BCUT2D eigenvalue weighted by molar-refractivity contribution is 5.72. The van der Waals surface area contributed by atoms with Crippen molar-refractivity contribution in [2.45, 2.75) is 26.4 Å². The lowest BCUT2D eigenvalue weighted by Gasteiger charge is -2.24. The zero-order valence-electron chi connectivity index (χ0n) is 7.09. The van der Waals surface area contributed by atoms with Crippen molar-refractivity contribution < 1.29 is 9.53 Å². The Kier molecular flexibility index (Phi) is 2.88. The molecule has 0 amide bonds. The molecule has 3 nitrogen and oxygen atoms in total. The molecular weight excluding hydrogens is 142 g/mol. The van der Waals surface area contributed by atoms with E-state index in [1.807, 2.05) is 0 Å². The molecule has 0 aliphatic carbocycles. The van der Waals surface area contributed by atoms with Gasteiger partial charge in [0.15, 0.2) is 0 Å². The summed E-state index contributed by atoms with van der Waals surface area (Å²) in [6.07, 6.45) is 1.05. The summed E-state index contributed by atoms with van der Waals surface area (Å²) >= 11 is 0. The lowest BCUT2D eigenvalue weighted by atomic mass is 10.1. The second-order valence-electron chi connectivity index (χ2n) is 3.37. The van der Waals surface area contributed by atoms with E-state index in [4.69, 9.17) is 4.74 Å². The molecule has 1 aliphatic heterocycles. The van der Waals surface area contributed by atoms with Crippen LogP contribution in [0.15, 0.2) is 0 Å². The smallest absolute Gasteiger partial charge is 0.320 e. The first kappa shape index (κ1) is 8.53. The van der Waals surface area contributed by atoms with Crippen LogP contribution in [0.3, 0.4) is 0 Å². The fraction of sp³-hybridized carbons (Fsp3) is 0.875.